The summed E-state index contributed by atoms with van der Waals surface area (Å²) in [5.74, 6) is 0.744. The van der Waals surface area contributed by atoms with E-state index in [1.54, 1.807) is 7.11 Å². The van der Waals surface area contributed by atoms with Crippen LogP contribution in [0.4, 0.5) is 0 Å². The highest BCUT2D eigenvalue weighted by Crippen LogP contribution is 2.27. The SMILES string of the molecule is COc1ccccc1C(=O)N(CCBr)C1CCCC1. The van der Waals surface area contributed by atoms with E-state index in [9.17, 15) is 4.79 Å². The van der Waals surface area contributed by atoms with Crippen molar-refractivity contribution in [2.75, 3.05) is 19.0 Å². The number of carbonyl (C=O) groups excluding carboxylic acids is 1. The zero-order valence-corrected chi connectivity index (χ0v) is 12.9. The predicted octanol–water partition coefficient (Wildman–Crippen LogP) is 3.47. The topological polar surface area (TPSA) is 29.5 Å². The Morgan fingerprint density at radius 3 is 2.68 bits per heavy atom. The van der Waals surface area contributed by atoms with Gasteiger partial charge in [-0.05, 0) is 25.0 Å². The lowest BCUT2D eigenvalue weighted by Gasteiger charge is -2.29. The molecule has 1 aliphatic carbocycles. The van der Waals surface area contributed by atoms with Gasteiger partial charge in [0, 0.05) is 17.9 Å². The van der Waals surface area contributed by atoms with Gasteiger partial charge in [-0.3, -0.25) is 4.79 Å². The fourth-order valence-electron chi connectivity index (χ4n) is 2.73. The van der Waals surface area contributed by atoms with E-state index in [1.165, 1.54) is 12.8 Å². The molecule has 1 saturated carbocycles. The van der Waals surface area contributed by atoms with Crippen molar-refractivity contribution in [2.24, 2.45) is 0 Å². The molecule has 1 amide bonds. The third-order valence-corrected chi connectivity index (χ3v) is 4.04. The molecule has 0 saturated heterocycles. The predicted molar refractivity (Wildman–Crippen MR) is 80.1 cm³/mol. The van der Waals surface area contributed by atoms with E-state index in [-0.39, 0.29) is 5.91 Å². The summed E-state index contributed by atoms with van der Waals surface area (Å²) in [4.78, 5) is 14.7. The van der Waals surface area contributed by atoms with Crippen LogP contribution >= 0.6 is 15.9 Å². The van der Waals surface area contributed by atoms with Crippen LogP contribution in [0.3, 0.4) is 0 Å². The van der Waals surface area contributed by atoms with E-state index in [1.807, 2.05) is 29.2 Å². The molecule has 3 nitrogen and oxygen atoms in total. The Labute approximate surface area is 123 Å². The van der Waals surface area contributed by atoms with E-state index in [2.05, 4.69) is 15.9 Å². The molecule has 0 atom stereocenters. The fourth-order valence-corrected chi connectivity index (χ4v) is 3.12. The number of para-hydroxylation sites is 1. The molecule has 0 bridgehead atoms. The lowest BCUT2D eigenvalue weighted by Crippen LogP contribution is -2.40. The van der Waals surface area contributed by atoms with Crippen molar-refractivity contribution in [1.29, 1.82) is 0 Å². The molecular formula is C15H20BrNO2. The van der Waals surface area contributed by atoms with Gasteiger partial charge in [0.1, 0.15) is 5.75 Å². The summed E-state index contributed by atoms with van der Waals surface area (Å²) >= 11 is 3.45. The van der Waals surface area contributed by atoms with Crippen LogP contribution in [-0.4, -0.2) is 35.8 Å². The zero-order chi connectivity index (χ0) is 13.7. The third kappa shape index (κ3) is 3.30. The van der Waals surface area contributed by atoms with Gasteiger partial charge in [0.2, 0.25) is 0 Å². The van der Waals surface area contributed by atoms with Crippen molar-refractivity contribution in [3.8, 4) is 5.75 Å². The molecule has 19 heavy (non-hydrogen) atoms. The second kappa shape index (κ2) is 6.94. The molecule has 1 aromatic rings. The molecule has 0 aromatic heterocycles. The number of carbonyl (C=O) groups is 1. The molecule has 0 heterocycles. The normalized spacial score (nSPS) is 15.5. The van der Waals surface area contributed by atoms with Gasteiger partial charge in [0.15, 0.2) is 0 Å². The standard InChI is InChI=1S/C15H20BrNO2/c1-19-14-9-5-4-8-13(14)15(18)17(11-10-16)12-6-2-3-7-12/h4-5,8-9,12H,2-3,6-7,10-11H2,1H3. The van der Waals surface area contributed by atoms with Crippen molar-refractivity contribution < 1.29 is 9.53 Å². The van der Waals surface area contributed by atoms with Crippen LogP contribution < -0.4 is 4.74 Å². The second-order valence-electron chi connectivity index (χ2n) is 4.83. The molecule has 0 unspecified atom stereocenters. The van der Waals surface area contributed by atoms with Gasteiger partial charge in [-0.1, -0.05) is 40.9 Å². The largest absolute Gasteiger partial charge is 0.496 e. The molecule has 1 aliphatic rings. The Balaban J connectivity index is 2.22. The fraction of sp³-hybridized carbons (Fsp3) is 0.533. The van der Waals surface area contributed by atoms with Crippen molar-refractivity contribution in [3.05, 3.63) is 29.8 Å². The lowest BCUT2D eigenvalue weighted by atomic mass is 10.1. The van der Waals surface area contributed by atoms with Gasteiger partial charge >= 0.3 is 0 Å². The Morgan fingerprint density at radius 2 is 2.05 bits per heavy atom. The maximum Gasteiger partial charge on any atom is 0.257 e. The number of benzene rings is 1. The summed E-state index contributed by atoms with van der Waals surface area (Å²) in [5.41, 5.74) is 0.665. The van der Waals surface area contributed by atoms with Gasteiger partial charge < -0.3 is 9.64 Å². The van der Waals surface area contributed by atoms with Crippen LogP contribution in [0.1, 0.15) is 36.0 Å². The monoisotopic (exact) mass is 325 g/mol. The van der Waals surface area contributed by atoms with Crippen LogP contribution in [0, 0.1) is 0 Å². The van der Waals surface area contributed by atoms with Gasteiger partial charge in [-0.2, -0.15) is 0 Å². The van der Waals surface area contributed by atoms with Crippen LogP contribution in [0.15, 0.2) is 24.3 Å². The van der Waals surface area contributed by atoms with E-state index < -0.39 is 0 Å². The summed E-state index contributed by atoms with van der Waals surface area (Å²) < 4.78 is 5.30. The molecule has 1 aromatic carbocycles. The van der Waals surface area contributed by atoms with Crippen LogP contribution in [0.25, 0.3) is 0 Å². The minimum Gasteiger partial charge on any atom is -0.496 e. The number of methoxy groups -OCH3 is 1. The number of rotatable bonds is 5. The van der Waals surface area contributed by atoms with E-state index in [4.69, 9.17) is 4.74 Å². The van der Waals surface area contributed by atoms with E-state index >= 15 is 0 Å². The zero-order valence-electron chi connectivity index (χ0n) is 11.3. The van der Waals surface area contributed by atoms with Crippen molar-refractivity contribution in [1.82, 2.24) is 4.90 Å². The number of ether oxygens (including phenoxy) is 1. The smallest absolute Gasteiger partial charge is 0.257 e. The average Bonchev–Trinajstić information content (AvgIpc) is 2.98. The number of hydrogen-bond acceptors (Lipinski definition) is 2. The Kier molecular flexibility index (Phi) is 5.25. The van der Waals surface area contributed by atoms with Gasteiger partial charge in [0.05, 0.1) is 12.7 Å². The minimum atomic E-state index is 0.0869. The van der Waals surface area contributed by atoms with Crippen molar-refractivity contribution in [3.63, 3.8) is 0 Å². The first kappa shape index (κ1) is 14.4. The first-order chi connectivity index (χ1) is 9.27. The Bertz CT molecular complexity index is 430. The molecular weight excluding hydrogens is 306 g/mol. The summed E-state index contributed by atoms with van der Waals surface area (Å²) in [5, 5.41) is 0.810. The third-order valence-electron chi connectivity index (χ3n) is 3.69. The van der Waals surface area contributed by atoms with Gasteiger partial charge in [-0.15, -0.1) is 0 Å². The first-order valence-corrected chi connectivity index (χ1v) is 7.90. The molecule has 1 fully saturated rings. The number of alkyl halides is 1. The minimum absolute atomic E-state index is 0.0869. The van der Waals surface area contributed by atoms with E-state index in [0.717, 1.165) is 24.7 Å². The molecule has 0 spiro atoms. The summed E-state index contributed by atoms with van der Waals surface area (Å²) in [7, 11) is 1.61. The molecule has 104 valence electrons. The van der Waals surface area contributed by atoms with Gasteiger partial charge in [-0.25, -0.2) is 0 Å². The Hall–Kier alpha value is -1.03. The summed E-state index contributed by atoms with van der Waals surface area (Å²) in [6.07, 6.45) is 4.69. The van der Waals surface area contributed by atoms with Crippen molar-refractivity contribution in [2.45, 2.75) is 31.7 Å². The van der Waals surface area contributed by atoms with Crippen LogP contribution in [-0.2, 0) is 0 Å². The van der Waals surface area contributed by atoms with Gasteiger partial charge in [0.25, 0.3) is 5.91 Å². The molecule has 4 heteroatoms. The van der Waals surface area contributed by atoms with Crippen molar-refractivity contribution >= 4 is 21.8 Å². The Morgan fingerprint density at radius 1 is 1.37 bits per heavy atom. The molecule has 0 N–H and O–H groups in total. The quantitative estimate of drug-likeness (QED) is 0.776. The highest BCUT2D eigenvalue weighted by Gasteiger charge is 2.28. The van der Waals surface area contributed by atoms with Crippen LogP contribution in [0.5, 0.6) is 5.75 Å². The number of hydrogen-bond donors (Lipinski definition) is 0. The number of halogens is 1. The maximum absolute atomic E-state index is 12.7. The lowest BCUT2D eigenvalue weighted by molar-refractivity contribution is 0.0693. The average molecular weight is 326 g/mol. The molecule has 0 aliphatic heterocycles. The highest BCUT2D eigenvalue weighted by atomic mass is 79.9. The van der Waals surface area contributed by atoms with E-state index in [0.29, 0.717) is 17.4 Å². The number of nitrogens with zero attached hydrogens (tertiary/aromatic N) is 1. The number of amides is 1. The second-order valence-corrected chi connectivity index (χ2v) is 5.62. The highest BCUT2D eigenvalue weighted by molar-refractivity contribution is 9.09. The van der Waals surface area contributed by atoms with Crippen LogP contribution in [0.2, 0.25) is 0 Å². The summed E-state index contributed by atoms with van der Waals surface area (Å²) in [6.45, 7) is 0.752. The maximum atomic E-state index is 12.7. The first-order valence-electron chi connectivity index (χ1n) is 6.78. The summed E-state index contributed by atoms with van der Waals surface area (Å²) in [6, 6.07) is 7.84. The molecule has 2 rings (SSSR count). The molecule has 0 radical (unpaired) electrons.